The Hall–Kier alpha value is -2.93. The number of imidazole rings is 1. The molecule has 2 fully saturated rings. The van der Waals surface area contributed by atoms with Crippen LogP contribution >= 0.6 is 0 Å². The monoisotopic (exact) mass is 432 g/mol. The van der Waals surface area contributed by atoms with E-state index in [-0.39, 0.29) is 5.91 Å². The third-order valence-electron chi connectivity index (χ3n) is 6.93. The number of nitrogens with zero attached hydrogens (tertiary/aromatic N) is 6. The van der Waals surface area contributed by atoms with Gasteiger partial charge in [-0.15, -0.1) is 0 Å². The Balaban J connectivity index is 1.54. The molecule has 32 heavy (non-hydrogen) atoms. The van der Waals surface area contributed by atoms with E-state index in [4.69, 9.17) is 4.98 Å². The van der Waals surface area contributed by atoms with Gasteiger partial charge in [0.2, 0.25) is 11.9 Å². The number of aromatic nitrogens is 3. The van der Waals surface area contributed by atoms with Crippen LogP contribution < -0.4 is 9.80 Å². The van der Waals surface area contributed by atoms with Crippen molar-refractivity contribution in [3.8, 4) is 0 Å². The first-order valence-corrected chi connectivity index (χ1v) is 11.6. The molecule has 1 aromatic carbocycles. The van der Waals surface area contributed by atoms with E-state index in [1.165, 1.54) is 5.56 Å². The predicted octanol–water partition coefficient (Wildman–Crippen LogP) is 3.24. The van der Waals surface area contributed by atoms with Gasteiger partial charge >= 0.3 is 0 Å². The van der Waals surface area contributed by atoms with E-state index in [0.717, 1.165) is 61.9 Å². The minimum atomic E-state index is 0.111. The second-order valence-corrected chi connectivity index (χ2v) is 9.37. The number of rotatable bonds is 6. The second-order valence-electron chi connectivity index (χ2n) is 9.37. The number of likely N-dealkylation sites (tertiary alicyclic amines) is 1. The average Bonchev–Trinajstić information content (AvgIpc) is 3.45. The number of anilines is 2. The molecule has 7 nitrogen and oxygen atoms in total. The van der Waals surface area contributed by atoms with Crippen LogP contribution in [0.2, 0.25) is 0 Å². The Morgan fingerprint density at radius 3 is 2.53 bits per heavy atom. The van der Waals surface area contributed by atoms with Gasteiger partial charge in [-0.05, 0) is 36.9 Å². The van der Waals surface area contributed by atoms with E-state index in [2.05, 4.69) is 56.7 Å². The second kappa shape index (κ2) is 8.54. The molecule has 2 saturated heterocycles. The Morgan fingerprint density at radius 1 is 1.12 bits per heavy atom. The molecule has 5 rings (SSSR count). The van der Waals surface area contributed by atoms with Crippen LogP contribution in [0.15, 0.2) is 42.6 Å². The van der Waals surface area contributed by atoms with Crippen LogP contribution in [-0.2, 0) is 11.3 Å². The molecule has 3 aromatic rings. The van der Waals surface area contributed by atoms with Gasteiger partial charge < -0.3 is 19.3 Å². The molecule has 168 valence electrons. The zero-order valence-corrected chi connectivity index (χ0v) is 19.2. The molecule has 2 aliphatic heterocycles. The normalized spacial score (nSPS) is 20.8. The number of hydrogen-bond donors (Lipinski definition) is 0. The first-order valence-electron chi connectivity index (χ1n) is 11.6. The topological polar surface area (TPSA) is 57.5 Å². The summed E-state index contributed by atoms with van der Waals surface area (Å²) in [4.78, 5) is 28.7. The summed E-state index contributed by atoms with van der Waals surface area (Å²) in [7, 11) is 4.05. The van der Waals surface area contributed by atoms with E-state index in [1.807, 2.05) is 20.0 Å². The highest BCUT2D eigenvalue weighted by atomic mass is 16.2. The zero-order valence-electron chi connectivity index (χ0n) is 19.2. The van der Waals surface area contributed by atoms with Gasteiger partial charge in [0.15, 0.2) is 5.65 Å². The van der Waals surface area contributed by atoms with Crippen LogP contribution in [0.5, 0.6) is 0 Å². The molecule has 2 atom stereocenters. The molecule has 7 heteroatoms. The van der Waals surface area contributed by atoms with Crippen molar-refractivity contribution in [3.63, 3.8) is 0 Å². The molecule has 4 heterocycles. The molecule has 0 spiro atoms. The molecule has 2 aliphatic rings. The standard InChI is InChI=1S/C25H32N6O/c1-4-8-23(32)29(3)21-11-22-24(26-12-21)27-25(31(22)13-18-9-6-5-7-10-18)30-16-19-14-28(2)15-20(19)17-30/h5-7,9-12,19-20H,4,8,13-17H2,1-3H3. The predicted molar refractivity (Wildman–Crippen MR) is 128 cm³/mol. The average molecular weight is 433 g/mol. The maximum atomic E-state index is 12.5. The van der Waals surface area contributed by atoms with Crippen molar-refractivity contribution in [2.45, 2.75) is 26.3 Å². The number of fused-ring (bicyclic) bond motifs is 2. The highest BCUT2D eigenvalue weighted by Crippen LogP contribution is 2.35. The minimum absolute atomic E-state index is 0.111. The lowest BCUT2D eigenvalue weighted by atomic mass is 10.0. The van der Waals surface area contributed by atoms with E-state index < -0.39 is 0 Å². The van der Waals surface area contributed by atoms with Crippen molar-refractivity contribution in [3.05, 3.63) is 48.2 Å². The van der Waals surface area contributed by atoms with Crippen LogP contribution in [-0.4, -0.2) is 65.6 Å². The van der Waals surface area contributed by atoms with Gasteiger partial charge in [0.05, 0.1) is 23.9 Å². The largest absolute Gasteiger partial charge is 0.341 e. The van der Waals surface area contributed by atoms with E-state index in [1.54, 1.807) is 11.1 Å². The third kappa shape index (κ3) is 3.86. The summed E-state index contributed by atoms with van der Waals surface area (Å²) < 4.78 is 2.28. The molecule has 0 aliphatic carbocycles. The van der Waals surface area contributed by atoms with Crippen molar-refractivity contribution in [2.75, 3.05) is 50.1 Å². The Kier molecular flexibility index (Phi) is 5.59. The summed E-state index contributed by atoms with van der Waals surface area (Å²) in [6.07, 6.45) is 3.14. The number of pyridine rings is 1. The maximum Gasteiger partial charge on any atom is 0.226 e. The number of carbonyl (C=O) groups excluding carboxylic acids is 1. The highest BCUT2D eigenvalue weighted by molar-refractivity contribution is 5.94. The molecule has 0 saturated carbocycles. The van der Waals surface area contributed by atoms with Gasteiger partial charge in [0.25, 0.3) is 0 Å². The first kappa shape index (κ1) is 20.9. The van der Waals surface area contributed by atoms with Crippen molar-refractivity contribution >= 4 is 28.7 Å². The van der Waals surface area contributed by atoms with Crippen molar-refractivity contribution in [2.24, 2.45) is 11.8 Å². The molecule has 0 N–H and O–H groups in total. The lowest BCUT2D eigenvalue weighted by Gasteiger charge is -2.22. The lowest BCUT2D eigenvalue weighted by molar-refractivity contribution is -0.118. The van der Waals surface area contributed by atoms with Crippen LogP contribution in [0, 0.1) is 11.8 Å². The SMILES string of the molecule is CCCC(=O)N(C)c1cnc2nc(N3CC4CN(C)CC4C3)n(Cc3ccccc3)c2c1. The van der Waals surface area contributed by atoms with Crippen LogP contribution in [0.25, 0.3) is 11.2 Å². The lowest BCUT2D eigenvalue weighted by Crippen LogP contribution is -2.29. The third-order valence-corrected chi connectivity index (χ3v) is 6.93. The Morgan fingerprint density at radius 2 is 1.84 bits per heavy atom. The van der Waals surface area contributed by atoms with Crippen LogP contribution in [0.4, 0.5) is 11.6 Å². The van der Waals surface area contributed by atoms with Crippen molar-refractivity contribution in [1.29, 1.82) is 0 Å². The molecule has 2 unspecified atom stereocenters. The van der Waals surface area contributed by atoms with Gasteiger partial charge in [0, 0.05) is 39.6 Å². The molecule has 1 amide bonds. The molecule has 0 bridgehead atoms. The van der Waals surface area contributed by atoms with Crippen LogP contribution in [0.3, 0.4) is 0 Å². The fourth-order valence-corrected chi connectivity index (χ4v) is 5.25. The molecule has 2 aromatic heterocycles. The Bertz CT molecular complexity index is 1100. The maximum absolute atomic E-state index is 12.5. The highest BCUT2D eigenvalue weighted by Gasteiger charge is 2.40. The number of benzene rings is 1. The summed E-state index contributed by atoms with van der Waals surface area (Å²) in [5.74, 6) is 2.50. The van der Waals surface area contributed by atoms with Crippen LogP contribution in [0.1, 0.15) is 25.3 Å². The van der Waals surface area contributed by atoms with Crippen molar-refractivity contribution < 1.29 is 4.79 Å². The zero-order chi connectivity index (χ0) is 22.2. The molecular weight excluding hydrogens is 400 g/mol. The number of carbonyl (C=O) groups is 1. The molecule has 0 radical (unpaired) electrons. The smallest absolute Gasteiger partial charge is 0.226 e. The van der Waals surface area contributed by atoms with E-state index in [9.17, 15) is 4.79 Å². The fourth-order valence-electron chi connectivity index (χ4n) is 5.25. The van der Waals surface area contributed by atoms with Gasteiger partial charge in [-0.2, -0.15) is 4.98 Å². The van der Waals surface area contributed by atoms with E-state index >= 15 is 0 Å². The minimum Gasteiger partial charge on any atom is -0.341 e. The van der Waals surface area contributed by atoms with E-state index in [0.29, 0.717) is 18.3 Å². The van der Waals surface area contributed by atoms with Gasteiger partial charge in [-0.1, -0.05) is 37.3 Å². The number of amides is 1. The van der Waals surface area contributed by atoms with Gasteiger partial charge in [-0.25, -0.2) is 4.98 Å². The quantitative estimate of drug-likeness (QED) is 0.599. The fraction of sp³-hybridized carbons (Fsp3) is 0.480. The van der Waals surface area contributed by atoms with Crippen molar-refractivity contribution in [1.82, 2.24) is 19.4 Å². The first-order chi connectivity index (χ1) is 15.5. The summed E-state index contributed by atoms with van der Waals surface area (Å²) in [5, 5.41) is 0. The summed E-state index contributed by atoms with van der Waals surface area (Å²) in [5.41, 5.74) is 3.77. The number of hydrogen-bond acceptors (Lipinski definition) is 5. The summed E-state index contributed by atoms with van der Waals surface area (Å²) >= 11 is 0. The summed E-state index contributed by atoms with van der Waals surface area (Å²) in [6, 6.07) is 12.6. The Labute approximate surface area is 189 Å². The molecular formula is C25H32N6O. The van der Waals surface area contributed by atoms with Gasteiger partial charge in [-0.3, -0.25) is 4.79 Å². The van der Waals surface area contributed by atoms with Gasteiger partial charge in [0.1, 0.15) is 0 Å². The summed E-state index contributed by atoms with van der Waals surface area (Å²) in [6.45, 7) is 7.15.